The molecular weight excluding hydrogens is 296 g/mol. The summed E-state index contributed by atoms with van der Waals surface area (Å²) in [4.78, 5) is 0. The van der Waals surface area contributed by atoms with Crippen molar-refractivity contribution in [3.05, 3.63) is 46.8 Å². The lowest BCUT2D eigenvalue weighted by atomic mass is 9.81. The number of rotatable bonds is 5. The summed E-state index contributed by atoms with van der Waals surface area (Å²) in [6, 6.07) is 10.4. The molecule has 0 saturated heterocycles. The van der Waals surface area contributed by atoms with Crippen molar-refractivity contribution in [2.24, 2.45) is 5.73 Å². The predicted molar refractivity (Wildman–Crippen MR) is 96.3 cm³/mol. The second kappa shape index (κ2) is 7.19. The Morgan fingerprint density at radius 3 is 2.71 bits per heavy atom. The number of hydrogen-bond donors (Lipinski definition) is 1. The molecule has 4 heteroatoms. The van der Waals surface area contributed by atoms with Crippen molar-refractivity contribution >= 4 is 0 Å². The molecule has 0 spiro atoms. The van der Waals surface area contributed by atoms with E-state index in [2.05, 4.69) is 36.7 Å². The van der Waals surface area contributed by atoms with Gasteiger partial charge < -0.3 is 5.73 Å². The van der Waals surface area contributed by atoms with E-state index in [1.807, 2.05) is 12.1 Å². The number of aromatic nitrogens is 2. The Labute approximate surface area is 144 Å². The molecule has 1 aliphatic rings. The fourth-order valence-corrected chi connectivity index (χ4v) is 3.81. The van der Waals surface area contributed by atoms with Crippen molar-refractivity contribution in [3.63, 3.8) is 0 Å². The summed E-state index contributed by atoms with van der Waals surface area (Å²) in [6.45, 7) is 5.17. The van der Waals surface area contributed by atoms with Gasteiger partial charge in [0.15, 0.2) is 0 Å². The maximum Gasteiger partial charge on any atom is 0.0692 e. The molecular formula is C20H26N4. The smallest absolute Gasteiger partial charge is 0.0692 e. The molecule has 1 aliphatic carbocycles. The average Bonchev–Trinajstić information content (AvgIpc) is 2.97. The average molecular weight is 322 g/mol. The van der Waals surface area contributed by atoms with Crippen LogP contribution in [0.4, 0.5) is 0 Å². The minimum absolute atomic E-state index is 0.413. The Morgan fingerprint density at radius 1 is 1.33 bits per heavy atom. The lowest BCUT2D eigenvalue weighted by molar-refractivity contribution is 0.514. The van der Waals surface area contributed by atoms with Gasteiger partial charge >= 0.3 is 0 Å². The first-order valence-electron chi connectivity index (χ1n) is 8.93. The number of nitrogens with zero attached hydrogens (tertiary/aromatic N) is 3. The van der Waals surface area contributed by atoms with Gasteiger partial charge in [-0.25, -0.2) is 4.68 Å². The predicted octanol–water partition coefficient (Wildman–Crippen LogP) is 3.83. The topological polar surface area (TPSA) is 67.6 Å². The SMILES string of the molecule is CC(C)c1nn(-c2ccc(CC#N)cc2)c2c1C(CCN)CCC2. The van der Waals surface area contributed by atoms with E-state index in [1.54, 1.807) is 0 Å². The molecule has 0 amide bonds. The molecule has 1 atom stereocenters. The van der Waals surface area contributed by atoms with Crippen LogP contribution < -0.4 is 5.73 Å². The van der Waals surface area contributed by atoms with Crippen LogP contribution in [0.15, 0.2) is 24.3 Å². The second-order valence-electron chi connectivity index (χ2n) is 6.98. The molecule has 1 heterocycles. The summed E-state index contributed by atoms with van der Waals surface area (Å²) in [5.74, 6) is 0.957. The molecule has 0 saturated carbocycles. The van der Waals surface area contributed by atoms with Gasteiger partial charge in [0.05, 0.1) is 23.9 Å². The summed E-state index contributed by atoms with van der Waals surface area (Å²) in [7, 11) is 0. The van der Waals surface area contributed by atoms with Gasteiger partial charge in [-0.15, -0.1) is 0 Å². The molecule has 24 heavy (non-hydrogen) atoms. The zero-order chi connectivity index (χ0) is 17.1. The molecule has 4 nitrogen and oxygen atoms in total. The van der Waals surface area contributed by atoms with Crippen LogP contribution in [0.3, 0.4) is 0 Å². The van der Waals surface area contributed by atoms with Gasteiger partial charge in [-0.3, -0.25) is 0 Å². The number of fused-ring (bicyclic) bond motifs is 1. The van der Waals surface area contributed by atoms with Crippen molar-refractivity contribution < 1.29 is 0 Å². The summed E-state index contributed by atoms with van der Waals surface area (Å²) in [6.07, 6.45) is 4.99. The third-order valence-electron chi connectivity index (χ3n) is 4.95. The zero-order valence-electron chi connectivity index (χ0n) is 14.6. The van der Waals surface area contributed by atoms with E-state index in [4.69, 9.17) is 16.1 Å². The van der Waals surface area contributed by atoms with Crippen LogP contribution in [0, 0.1) is 11.3 Å². The highest BCUT2D eigenvalue weighted by Gasteiger charge is 2.29. The summed E-state index contributed by atoms with van der Waals surface area (Å²) in [5, 5.41) is 13.8. The Balaban J connectivity index is 2.06. The molecule has 0 bridgehead atoms. The number of hydrogen-bond acceptors (Lipinski definition) is 3. The van der Waals surface area contributed by atoms with Crippen molar-refractivity contribution in [2.75, 3.05) is 6.54 Å². The van der Waals surface area contributed by atoms with Gasteiger partial charge in [0.2, 0.25) is 0 Å². The van der Waals surface area contributed by atoms with Crippen LogP contribution >= 0.6 is 0 Å². The molecule has 0 aliphatic heterocycles. The van der Waals surface area contributed by atoms with Crippen LogP contribution in [0.5, 0.6) is 0 Å². The normalized spacial score (nSPS) is 16.9. The van der Waals surface area contributed by atoms with Gasteiger partial charge in [-0.2, -0.15) is 10.4 Å². The highest BCUT2D eigenvalue weighted by Crippen LogP contribution is 2.39. The van der Waals surface area contributed by atoms with Gasteiger partial charge in [0, 0.05) is 11.3 Å². The highest BCUT2D eigenvalue weighted by molar-refractivity contribution is 5.43. The monoisotopic (exact) mass is 322 g/mol. The lowest BCUT2D eigenvalue weighted by Crippen LogP contribution is -2.16. The highest BCUT2D eigenvalue weighted by atomic mass is 15.3. The van der Waals surface area contributed by atoms with E-state index in [0.717, 1.165) is 30.6 Å². The molecule has 2 N–H and O–H groups in total. The summed E-state index contributed by atoms with van der Waals surface area (Å²) < 4.78 is 2.13. The van der Waals surface area contributed by atoms with E-state index in [0.29, 0.717) is 18.3 Å². The van der Waals surface area contributed by atoms with Crippen LogP contribution in [0.2, 0.25) is 0 Å². The van der Waals surface area contributed by atoms with Gasteiger partial charge in [0.1, 0.15) is 0 Å². The van der Waals surface area contributed by atoms with E-state index >= 15 is 0 Å². The van der Waals surface area contributed by atoms with Gasteiger partial charge in [-0.05, 0) is 61.8 Å². The maximum atomic E-state index is 8.83. The van der Waals surface area contributed by atoms with Gasteiger partial charge in [-0.1, -0.05) is 26.0 Å². The molecule has 0 radical (unpaired) electrons. The van der Waals surface area contributed by atoms with Crippen LogP contribution in [-0.2, 0) is 12.8 Å². The first kappa shape index (κ1) is 16.7. The molecule has 1 aromatic carbocycles. The van der Waals surface area contributed by atoms with E-state index in [9.17, 15) is 0 Å². The number of benzene rings is 1. The van der Waals surface area contributed by atoms with Crippen molar-refractivity contribution in [1.29, 1.82) is 5.26 Å². The van der Waals surface area contributed by atoms with Crippen molar-refractivity contribution in [2.45, 2.75) is 57.8 Å². The lowest BCUT2D eigenvalue weighted by Gasteiger charge is -2.24. The molecule has 1 aromatic heterocycles. The molecule has 1 unspecified atom stereocenters. The second-order valence-corrected chi connectivity index (χ2v) is 6.98. The zero-order valence-corrected chi connectivity index (χ0v) is 14.6. The Morgan fingerprint density at radius 2 is 2.08 bits per heavy atom. The summed E-state index contributed by atoms with van der Waals surface area (Å²) in [5.41, 5.74) is 12.0. The fourth-order valence-electron chi connectivity index (χ4n) is 3.81. The largest absolute Gasteiger partial charge is 0.330 e. The first-order chi connectivity index (χ1) is 11.7. The minimum Gasteiger partial charge on any atom is -0.330 e. The van der Waals surface area contributed by atoms with Gasteiger partial charge in [0.25, 0.3) is 0 Å². The Bertz CT molecular complexity index is 734. The van der Waals surface area contributed by atoms with E-state index in [-0.39, 0.29) is 0 Å². The number of nitrogens with two attached hydrogens (primary N) is 1. The third-order valence-corrected chi connectivity index (χ3v) is 4.95. The molecule has 0 fully saturated rings. The minimum atomic E-state index is 0.413. The molecule has 3 rings (SSSR count). The maximum absolute atomic E-state index is 8.83. The quantitative estimate of drug-likeness (QED) is 0.909. The van der Waals surface area contributed by atoms with E-state index in [1.165, 1.54) is 29.8 Å². The fraction of sp³-hybridized carbons (Fsp3) is 0.500. The van der Waals surface area contributed by atoms with Crippen LogP contribution in [0.1, 0.15) is 67.5 Å². The summed E-state index contributed by atoms with van der Waals surface area (Å²) >= 11 is 0. The number of nitriles is 1. The molecule has 2 aromatic rings. The molecule has 126 valence electrons. The van der Waals surface area contributed by atoms with E-state index < -0.39 is 0 Å². The standard InChI is InChI=1S/C20H26N4/c1-14(2)20-19-16(11-13-22)4-3-5-18(19)24(23-20)17-8-6-15(7-9-17)10-12-21/h6-9,14,16H,3-5,10-11,13,22H2,1-2H3. The van der Waals surface area contributed by atoms with Crippen LogP contribution in [-0.4, -0.2) is 16.3 Å². The Kier molecular flexibility index (Phi) is 5.01. The van der Waals surface area contributed by atoms with Crippen molar-refractivity contribution in [1.82, 2.24) is 9.78 Å². The first-order valence-corrected chi connectivity index (χ1v) is 8.93. The Hall–Kier alpha value is -2.12. The van der Waals surface area contributed by atoms with Crippen LogP contribution in [0.25, 0.3) is 5.69 Å². The van der Waals surface area contributed by atoms with Crippen molar-refractivity contribution in [3.8, 4) is 11.8 Å². The third kappa shape index (κ3) is 3.09.